The van der Waals surface area contributed by atoms with Gasteiger partial charge in [-0.2, -0.15) is 0 Å². The van der Waals surface area contributed by atoms with Crippen LogP contribution in [0.25, 0.3) is 0 Å². The van der Waals surface area contributed by atoms with Gasteiger partial charge in [0.2, 0.25) is 11.8 Å². The Morgan fingerprint density at radius 3 is 2.15 bits per heavy atom. The summed E-state index contributed by atoms with van der Waals surface area (Å²) >= 11 is 0. The molecule has 0 heterocycles. The third-order valence-electron chi connectivity index (χ3n) is 6.61. The summed E-state index contributed by atoms with van der Waals surface area (Å²) in [4.78, 5) is 28.4. The lowest BCUT2D eigenvalue weighted by Gasteiger charge is -2.32. The van der Waals surface area contributed by atoms with E-state index in [1.165, 1.54) is 17.0 Å². The second-order valence-electron chi connectivity index (χ2n) is 10.0. The van der Waals surface area contributed by atoms with Crippen molar-refractivity contribution in [1.82, 2.24) is 10.2 Å². The normalized spacial score (nSPS) is 12.2. The molecular weight excluding hydrogens is 510 g/mol. The maximum absolute atomic E-state index is 13.9. The Balaban J connectivity index is 2.02. The average molecular weight is 550 g/mol. The van der Waals surface area contributed by atoms with Gasteiger partial charge in [-0.1, -0.05) is 80.9 Å². The van der Waals surface area contributed by atoms with Crippen molar-refractivity contribution in [2.24, 2.45) is 0 Å². The molecule has 2 amide bonds. The van der Waals surface area contributed by atoms with Crippen molar-refractivity contribution in [3.63, 3.8) is 0 Å². The molecule has 0 saturated heterocycles. The molecule has 3 aromatic rings. The van der Waals surface area contributed by atoms with Gasteiger partial charge < -0.3 is 10.2 Å². The Hall–Kier alpha value is -3.65. The highest BCUT2D eigenvalue weighted by molar-refractivity contribution is 7.92. The molecule has 0 bridgehead atoms. The molecule has 0 unspecified atom stereocenters. The highest BCUT2D eigenvalue weighted by Gasteiger charge is 2.32. The summed E-state index contributed by atoms with van der Waals surface area (Å²) in [6, 6.07) is 22.2. The summed E-state index contributed by atoms with van der Waals surface area (Å²) in [5, 5.41) is 2.86. The van der Waals surface area contributed by atoms with E-state index in [9.17, 15) is 18.0 Å². The Labute approximate surface area is 232 Å². The number of nitrogens with one attached hydrogen (secondary N) is 1. The maximum Gasteiger partial charge on any atom is 0.264 e. The van der Waals surface area contributed by atoms with E-state index in [0.717, 1.165) is 27.4 Å². The van der Waals surface area contributed by atoms with E-state index in [2.05, 4.69) is 19.2 Å². The molecule has 1 N–H and O–H groups in total. The summed E-state index contributed by atoms with van der Waals surface area (Å²) in [7, 11) is -4.07. The third-order valence-corrected chi connectivity index (χ3v) is 8.40. The second-order valence-corrected chi connectivity index (χ2v) is 11.9. The Morgan fingerprint density at radius 2 is 1.56 bits per heavy atom. The molecule has 3 aromatic carbocycles. The number of rotatable bonds is 12. The van der Waals surface area contributed by atoms with Crippen LogP contribution in [0.4, 0.5) is 5.69 Å². The van der Waals surface area contributed by atoms with Crippen molar-refractivity contribution in [3.8, 4) is 0 Å². The van der Waals surface area contributed by atoms with Crippen LogP contribution in [0, 0.1) is 6.92 Å². The van der Waals surface area contributed by atoms with E-state index < -0.39 is 28.5 Å². The molecule has 1 atom stereocenters. The minimum atomic E-state index is -4.07. The first-order valence-electron chi connectivity index (χ1n) is 13.3. The number of nitrogens with zero attached hydrogens (tertiary/aromatic N) is 2. The van der Waals surface area contributed by atoms with Gasteiger partial charge in [0.05, 0.1) is 10.6 Å². The van der Waals surface area contributed by atoms with Crippen LogP contribution in [0.2, 0.25) is 0 Å². The van der Waals surface area contributed by atoms with Gasteiger partial charge in [-0.05, 0) is 61.6 Å². The molecular formula is C31H39N3O4S. The first-order valence-corrected chi connectivity index (χ1v) is 14.8. The summed E-state index contributed by atoms with van der Waals surface area (Å²) in [5.74, 6) is -0.480. The highest BCUT2D eigenvalue weighted by atomic mass is 32.2. The smallest absolute Gasteiger partial charge is 0.264 e. The molecule has 0 saturated carbocycles. The number of aryl methyl sites for hydroxylation is 1. The van der Waals surface area contributed by atoms with Gasteiger partial charge in [0.15, 0.2) is 0 Å². The van der Waals surface area contributed by atoms with Crippen LogP contribution in [-0.4, -0.2) is 44.3 Å². The number of anilines is 1. The van der Waals surface area contributed by atoms with Crippen LogP contribution in [-0.2, 0) is 26.2 Å². The molecule has 0 spiro atoms. The fourth-order valence-corrected chi connectivity index (χ4v) is 5.69. The number of sulfonamides is 1. The van der Waals surface area contributed by atoms with E-state index in [0.29, 0.717) is 12.2 Å². The molecule has 39 heavy (non-hydrogen) atoms. The zero-order valence-corrected chi connectivity index (χ0v) is 24.2. The van der Waals surface area contributed by atoms with E-state index in [1.807, 2.05) is 50.2 Å². The van der Waals surface area contributed by atoms with Gasteiger partial charge in [-0.3, -0.25) is 13.9 Å². The Bertz CT molecular complexity index is 1360. The number of carbonyl (C=O) groups excluding carboxylic acids is 2. The monoisotopic (exact) mass is 549 g/mol. The predicted octanol–water partition coefficient (Wildman–Crippen LogP) is 5.26. The Morgan fingerprint density at radius 1 is 0.897 bits per heavy atom. The first-order chi connectivity index (χ1) is 18.5. The minimum Gasteiger partial charge on any atom is -0.354 e. The van der Waals surface area contributed by atoms with Crippen molar-refractivity contribution >= 4 is 27.5 Å². The van der Waals surface area contributed by atoms with Crippen LogP contribution >= 0.6 is 0 Å². The van der Waals surface area contributed by atoms with Crippen molar-refractivity contribution in [2.75, 3.05) is 17.4 Å². The molecule has 0 aromatic heterocycles. The third kappa shape index (κ3) is 7.69. The fraction of sp³-hybridized carbons (Fsp3) is 0.355. The van der Waals surface area contributed by atoms with E-state index in [4.69, 9.17) is 0 Å². The molecule has 8 heteroatoms. The molecule has 208 valence electrons. The van der Waals surface area contributed by atoms with Crippen LogP contribution in [0.5, 0.6) is 0 Å². The lowest BCUT2D eigenvalue weighted by molar-refractivity contribution is -0.139. The topological polar surface area (TPSA) is 86.8 Å². The Kier molecular flexibility index (Phi) is 10.3. The zero-order valence-electron chi connectivity index (χ0n) is 23.4. The van der Waals surface area contributed by atoms with Crippen LogP contribution in [0.15, 0.2) is 83.8 Å². The number of amides is 2. The van der Waals surface area contributed by atoms with Gasteiger partial charge >= 0.3 is 0 Å². The number of hydrogen-bond donors (Lipinski definition) is 1. The molecule has 0 radical (unpaired) electrons. The zero-order chi connectivity index (χ0) is 28.6. The second kappa shape index (κ2) is 13.4. The summed E-state index contributed by atoms with van der Waals surface area (Å²) in [6.07, 6.45) is 0.764. The van der Waals surface area contributed by atoms with Crippen LogP contribution in [0.1, 0.15) is 56.7 Å². The highest BCUT2D eigenvalue weighted by Crippen LogP contribution is 2.26. The van der Waals surface area contributed by atoms with Gasteiger partial charge in [0.1, 0.15) is 12.6 Å². The molecule has 3 rings (SSSR count). The standard InChI is InChI=1S/C31H39N3O4S/c1-6-19-32-31(36)25(5)33(21-26-12-10-11-24(4)20-26)30(35)22-34(28-17-15-27(16-18-28)23(2)3)39(37,38)29-13-8-7-9-14-29/h7-18,20,23,25H,6,19,21-22H2,1-5H3,(H,32,36)/t25-/m0/s1. The van der Waals surface area contributed by atoms with Crippen LogP contribution < -0.4 is 9.62 Å². The van der Waals surface area contributed by atoms with Crippen molar-refractivity contribution in [1.29, 1.82) is 0 Å². The average Bonchev–Trinajstić information content (AvgIpc) is 2.93. The summed E-state index contributed by atoms with van der Waals surface area (Å²) < 4.78 is 28.8. The fourth-order valence-electron chi connectivity index (χ4n) is 4.26. The molecule has 0 fully saturated rings. The van der Waals surface area contributed by atoms with Gasteiger partial charge in [-0.15, -0.1) is 0 Å². The lowest BCUT2D eigenvalue weighted by Crippen LogP contribution is -2.51. The first kappa shape index (κ1) is 29.9. The van der Waals surface area contributed by atoms with Gasteiger partial charge in [0.25, 0.3) is 10.0 Å². The van der Waals surface area contributed by atoms with Crippen molar-refractivity contribution in [2.45, 2.75) is 64.4 Å². The van der Waals surface area contributed by atoms with Crippen molar-refractivity contribution in [3.05, 3.63) is 95.6 Å². The summed E-state index contributed by atoms with van der Waals surface area (Å²) in [6.45, 7) is 9.93. The van der Waals surface area contributed by atoms with E-state index in [-0.39, 0.29) is 23.3 Å². The van der Waals surface area contributed by atoms with E-state index in [1.54, 1.807) is 37.3 Å². The van der Waals surface area contributed by atoms with Crippen molar-refractivity contribution < 1.29 is 18.0 Å². The van der Waals surface area contributed by atoms with E-state index >= 15 is 0 Å². The van der Waals surface area contributed by atoms with Crippen LogP contribution in [0.3, 0.4) is 0 Å². The number of hydrogen-bond acceptors (Lipinski definition) is 4. The number of carbonyl (C=O) groups is 2. The number of benzene rings is 3. The molecule has 0 aliphatic rings. The minimum absolute atomic E-state index is 0.0877. The van der Waals surface area contributed by atoms with Gasteiger partial charge in [-0.25, -0.2) is 8.42 Å². The lowest BCUT2D eigenvalue weighted by atomic mass is 10.0. The largest absolute Gasteiger partial charge is 0.354 e. The summed E-state index contributed by atoms with van der Waals surface area (Å²) in [5.41, 5.74) is 3.33. The molecule has 0 aliphatic heterocycles. The molecule has 0 aliphatic carbocycles. The maximum atomic E-state index is 13.9. The molecule has 7 nitrogen and oxygen atoms in total. The van der Waals surface area contributed by atoms with Gasteiger partial charge in [0, 0.05) is 13.1 Å². The predicted molar refractivity (Wildman–Crippen MR) is 156 cm³/mol. The SMILES string of the molecule is CCCNC(=O)[C@H](C)N(Cc1cccc(C)c1)C(=O)CN(c1ccc(C(C)C)cc1)S(=O)(=O)c1ccccc1. The quantitative estimate of drug-likeness (QED) is 0.334.